The number of benzene rings is 2. The Morgan fingerprint density at radius 2 is 1.77 bits per heavy atom. The Labute approximate surface area is 188 Å². The molecular formula is C24H29N5OS. The van der Waals surface area contributed by atoms with Crippen molar-refractivity contribution in [3.8, 4) is 17.0 Å². The van der Waals surface area contributed by atoms with Gasteiger partial charge in [-0.15, -0.1) is 11.3 Å². The second kappa shape index (κ2) is 11.0. The molecule has 1 aromatic heterocycles. The molecule has 1 N–H and O–H groups in total. The Bertz CT molecular complexity index is 967. The van der Waals surface area contributed by atoms with Gasteiger partial charge in [-0.3, -0.25) is 10.3 Å². The summed E-state index contributed by atoms with van der Waals surface area (Å²) in [7, 11) is 0. The van der Waals surface area contributed by atoms with Gasteiger partial charge in [-0.05, 0) is 18.7 Å². The fourth-order valence-electron chi connectivity index (χ4n) is 3.56. The summed E-state index contributed by atoms with van der Waals surface area (Å²) < 4.78 is 6.07. The Hall–Kier alpha value is -2.74. The van der Waals surface area contributed by atoms with E-state index in [0.29, 0.717) is 6.61 Å². The summed E-state index contributed by atoms with van der Waals surface area (Å²) in [5.74, 6) is 0.851. The van der Waals surface area contributed by atoms with Gasteiger partial charge < -0.3 is 9.64 Å². The van der Waals surface area contributed by atoms with Gasteiger partial charge in [0.1, 0.15) is 12.4 Å². The van der Waals surface area contributed by atoms with E-state index in [0.717, 1.165) is 67.0 Å². The number of hydrazone groups is 1. The molecule has 0 spiro atoms. The minimum absolute atomic E-state index is 0.678. The Morgan fingerprint density at radius 1 is 1.03 bits per heavy atom. The number of ether oxygens (including phenoxy) is 1. The average Bonchev–Trinajstić information content (AvgIpc) is 3.30. The summed E-state index contributed by atoms with van der Waals surface area (Å²) >= 11 is 1.54. The maximum Gasteiger partial charge on any atom is 0.203 e. The third-order valence-electron chi connectivity index (χ3n) is 5.43. The fourth-order valence-corrected chi connectivity index (χ4v) is 4.22. The summed E-state index contributed by atoms with van der Waals surface area (Å²) in [5.41, 5.74) is 6.04. The van der Waals surface area contributed by atoms with Crippen molar-refractivity contribution in [1.29, 1.82) is 0 Å². The summed E-state index contributed by atoms with van der Waals surface area (Å²) in [4.78, 5) is 9.56. The molecule has 0 amide bonds. The fraction of sp³-hybridized carbons (Fsp3) is 0.333. The summed E-state index contributed by atoms with van der Waals surface area (Å²) in [6.07, 6.45) is 1.79. The number of thiazole rings is 1. The maximum absolute atomic E-state index is 6.07. The molecule has 1 fully saturated rings. The Kier molecular flexibility index (Phi) is 7.65. The minimum Gasteiger partial charge on any atom is -0.492 e. The second-order valence-corrected chi connectivity index (χ2v) is 8.29. The number of anilines is 1. The molecular weight excluding hydrogens is 406 g/mol. The molecule has 4 rings (SSSR count). The maximum atomic E-state index is 6.07. The van der Waals surface area contributed by atoms with E-state index in [1.165, 1.54) is 11.3 Å². The van der Waals surface area contributed by atoms with Gasteiger partial charge in [-0.25, -0.2) is 4.98 Å². The third-order valence-corrected chi connectivity index (χ3v) is 6.18. The second-order valence-electron chi connectivity index (χ2n) is 7.44. The van der Waals surface area contributed by atoms with Crippen molar-refractivity contribution >= 4 is 22.7 Å². The van der Waals surface area contributed by atoms with Crippen molar-refractivity contribution < 1.29 is 4.74 Å². The summed E-state index contributed by atoms with van der Waals surface area (Å²) in [6, 6.07) is 18.1. The van der Waals surface area contributed by atoms with E-state index in [4.69, 9.17) is 4.74 Å². The van der Waals surface area contributed by atoms with Crippen molar-refractivity contribution in [2.75, 3.05) is 51.3 Å². The van der Waals surface area contributed by atoms with Crippen molar-refractivity contribution in [3.63, 3.8) is 0 Å². The lowest BCUT2D eigenvalue weighted by Crippen LogP contribution is -2.47. The van der Waals surface area contributed by atoms with Crippen LogP contribution in [0.2, 0.25) is 0 Å². The highest BCUT2D eigenvalue weighted by molar-refractivity contribution is 7.14. The Balaban J connectivity index is 1.28. The summed E-state index contributed by atoms with van der Waals surface area (Å²) in [6.45, 7) is 9.51. The first-order valence-corrected chi connectivity index (χ1v) is 11.7. The van der Waals surface area contributed by atoms with Crippen molar-refractivity contribution in [2.24, 2.45) is 5.10 Å². The standard InChI is InChI=1S/C24H29N5OS/c1-2-28-12-14-29(15-13-28)16-17-30-23-11-7-6-10-21(23)18-25-27-24-26-22(19-31-24)20-8-4-3-5-9-20/h3-11,18-19H,2,12-17H2,1H3,(H,26,27). The van der Waals surface area contributed by atoms with E-state index in [1.807, 2.05) is 47.8 Å². The van der Waals surface area contributed by atoms with E-state index in [1.54, 1.807) is 6.21 Å². The smallest absolute Gasteiger partial charge is 0.203 e. The molecule has 1 aliphatic heterocycles. The lowest BCUT2D eigenvalue weighted by atomic mass is 10.2. The van der Waals surface area contributed by atoms with E-state index in [2.05, 4.69) is 44.4 Å². The average molecular weight is 436 g/mol. The van der Waals surface area contributed by atoms with Crippen LogP contribution in [0.4, 0.5) is 5.13 Å². The third kappa shape index (κ3) is 6.13. The number of piperazine rings is 1. The van der Waals surface area contributed by atoms with Gasteiger partial charge in [0, 0.05) is 49.2 Å². The molecule has 2 heterocycles. The highest BCUT2D eigenvalue weighted by Gasteiger charge is 2.15. The molecule has 3 aromatic rings. The van der Waals surface area contributed by atoms with E-state index in [-0.39, 0.29) is 0 Å². The normalized spacial score (nSPS) is 15.4. The predicted molar refractivity (Wildman–Crippen MR) is 129 cm³/mol. The van der Waals surface area contributed by atoms with Crippen molar-refractivity contribution in [2.45, 2.75) is 6.92 Å². The zero-order valence-corrected chi connectivity index (χ0v) is 18.7. The zero-order valence-electron chi connectivity index (χ0n) is 17.9. The molecule has 0 aliphatic carbocycles. The number of aromatic nitrogens is 1. The molecule has 2 aromatic carbocycles. The molecule has 162 valence electrons. The van der Waals surface area contributed by atoms with Crippen LogP contribution in [0.15, 0.2) is 65.1 Å². The van der Waals surface area contributed by atoms with Crippen LogP contribution in [0.1, 0.15) is 12.5 Å². The minimum atomic E-state index is 0.678. The molecule has 1 saturated heterocycles. The van der Waals surface area contributed by atoms with Crippen LogP contribution in [0.25, 0.3) is 11.3 Å². The number of nitrogens with zero attached hydrogens (tertiary/aromatic N) is 4. The van der Waals surface area contributed by atoms with Crippen LogP contribution in [0.5, 0.6) is 5.75 Å². The highest BCUT2D eigenvalue weighted by Crippen LogP contribution is 2.24. The zero-order chi connectivity index (χ0) is 21.3. The van der Waals surface area contributed by atoms with Gasteiger partial charge >= 0.3 is 0 Å². The first-order valence-electron chi connectivity index (χ1n) is 10.8. The monoisotopic (exact) mass is 435 g/mol. The quantitative estimate of drug-likeness (QED) is 0.402. The van der Waals surface area contributed by atoms with Crippen molar-refractivity contribution in [1.82, 2.24) is 14.8 Å². The molecule has 1 aliphatic rings. The predicted octanol–water partition coefficient (Wildman–Crippen LogP) is 4.27. The Morgan fingerprint density at radius 3 is 2.58 bits per heavy atom. The number of nitrogens with one attached hydrogen (secondary N) is 1. The van der Waals surface area contributed by atoms with E-state index in [9.17, 15) is 0 Å². The number of hydrogen-bond acceptors (Lipinski definition) is 7. The lowest BCUT2D eigenvalue weighted by molar-refractivity contribution is 0.121. The van der Waals surface area contributed by atoms with Crippen LogP contribution >= 0.6 is 11.3 Å². The molecule has 0 unspecified atom stereocenters. The lowest BCUT2D eigenvalue weighted by Gasteiger charge is -2.33. The molecule has 0 atom stereocenters. The number of rotatable bonds is 9. The van der Waals surface area contributed by atoms with Crippen LogP contribution < -0.4 is 10.2 Å². The molecule has 0 saturated carbocycles. The topological polar surface area (TPSA) is 53.0 Å². The van der Waals surface area contributed by atoms with Gasteiger partial charge in [-0.1, -0.05) is 49.4 Å². The molecule has 6 nitrogen and oxygen atoms in total. The SMILES string of the molecule is CCN1CCN(CCOc2ccccc2C=NNc2nc(-c3ccccc3)cs2)CC1. The van der Waals surface area contributed by atoms with Gasteiger partial charge in [-0.2, -0.15) is 5.10 Å². The van der Waals surface area contributed by atoms with E-state index >= 15 is 0 Å². The summed E-state index contributed by atoms with van der Waals surface area (Å²) in [5, 5.41) is 7.17. The van der Waals surface area contributed by atoms with Crippen LogP contribution in [0, 0.1) is 0 Å². The highest BCUT2D eigenvalue weighted by atomic mass is 32.1. The number of likely N-dealkylation sites (N-methyl/N-ethyl adjacent to an activating group) is 1. The first-order chi connectivity index (χ1) is 15.3. The molecule has 0 bridgehead atoms. The number of para-hydroxylation sites is 1. The van der Waals surface area contributed by atoms with Gasteiger partial charge in [0.15, 0.2) is 0 Å². The first kappa shape index (κ1) is 21.5. The largest absolute Gasteiger partial charge is 0.492 e. The van der Waals surface area contributed by atoms with E-state index < -0.39 is 0 Å². The van der Waals surface area contributed by atoms with Gasteiger partial charge in [0.25, 0.3) is 0 Å². The molecule has 7 heteroatoms. The van der Waals surface area contributed by atoms with Crippen LogP contribution in [-0.2, 0) is 0 Å². The number of hydrogen-bond donors (Lipinski definition) is 1. The van der Waals surface area contributed by atoms with Crippen LogP contribution in [0.3, 0.4) is 0 Å². The van der Waals surface area contributed by atoms with Crippen molar-refractivity contribution in [3.05, 3.63) is 65.5 Å². The van der Waals surface area contributed by atoms with Crippen LogP contribution in [-0.4, -0.2) is 66.9 Å². The molecule has 0 radical (unpaired) electrons. The molecule has 31 heavy (non-hydrogen) atoms. The van der Waals surface area contributed by atoms with Gasteiger partial charge in [0.05, 0.1) is 11.9 Å². The van der Waals surface area contributed by atoms with Gasteiger partial charge in [0.2, 0.25) is 5.13 Å².